The second kappa shape index (κ2) is 10.4. The Kier molecular flexibility index (Phi) is 7.90. The van der Waals surface area contributed by atoms with Crippen LogP contribution in [0.3, 0.4) is 0 Å². The highest BCUT2D eigenvalue weighted by Gasteiger charge is 2.40. The molecule has 0 amide bonds. The van der Waals surface area contributed by atoms with Crippen LogP contribution < -0.4 is 4.90 Å². The second-order valence-corrected chi connectivity index (χ2v) is 9.32. The summed E-state index contributed by atoms with van der Waals surface area (Å²) in [6, 6.07) is 16.9. The molecular weight excluding hydrogens is 384 g/mol. The van der Waals surface area contributed by atoms with Gasteiger partial charge in [-0.15, -0.1) is 0 Å². The van der Waals surface area contributed by atoms with Gasteiger partial charge in [-0.2, -0.15) is 0 Å². The summed E-state index contributed by atoms with van der Waals surface area (Å²) in [6.45, 7) is 9.67. The number of carbonyl (C=O) groups is 1. The van der Waals surface area contributed by atoms with Crippen molar-refractivity contribution in [2.24, 2.45) is 5.92 Å². The minimum atomic E-state index is -0.581. The van der Waals surface area contributed by atoms with E-state index in [4.69, 9.17) is 4.74 Å². The normalized spacial score (nSPS) is 16.5. The first-order chi connectivity index (χ1) is 14.9. The first-order valence-electron chi connectivity index (χ1n) is 11.6. The minimum absolute atomic E-state index is 0.202. The fraction of sp³-hybridized carbons (Fsp3) is 0.519. The molecule has 1 unspecified atom stereocenters. The molecule has 1 saturated heterocycles. The van der Waals surface area contributed by atoms with Crippen LogP contribution in [0.15, 0.2) is 48.5 Å². The van der Waals surface area contributed by atoms with Crippen LogP contribution in [-0.4, -0.2) is 56.6 Å². The van der Waals surface area contributed by atoms with Gasteiger partial charge in [-0.05, 0) is 62.5 Å². The molecule has 1 heterocycles. The van der Waals surface area contributed by atoms with Gasteiger partial charge in [0.25, 0.3) is 0 Å². The molecule has 168 valence electrons. The van der Waals surface area contributed by atoms with Gasteiger partial charge < -0.3 is 9.64 Å². The van der Waals surface area contributed by atoms with Gasteiger partial charge in [0, 0.05) is 24.3 Å². The van der Waals surface area contributed by atoms with Crippen molar-refractivity contribution in [3.63, 3.8) is 0 Å². The third-order valence-electron chi connectivity index (χ3n) is 6.53. The van der Waals surface area contributed by atoms with Crippen LogP contribution in [-0.2, 0) is 17.6 Å². The Labute approximate surface area is 188 Å². The number of para-hydroxylation sites is 1. The summed E-state index contributed by atoms with van der Waals surface area (Å²) in [5.41, 5.74) is 3.83. The molecule has 31 heavy (non-hydrogen) atoms. The SMILES string of the molecule is CCC(Cc1ccc(CC(C)C)cc1)(C(=O)c1ccccc1N1CCOCC1)N(C)C. The highest BCUT2D eigenvalue weighted by molar-refractivity contribution is 6.07. The Hall–Kier alpha value is -2.17. The van der Waals surface area contributed by atoms with Crippen molar-refractivity contribution in [2.45, 2.75) is 45.6 Å². The van der Waals surface area contributed by atoms with Crippen molar-refractivity contribution >= 4 is 11.5 Å². The van der Waals surface area contributed by atoms with E-state index in [2.05, 4.69) is 60.9 Å². The maximum Gasteiger partial charge on any atom is 0.185 e. The predicted molar refractivity (Wildman–Crippen MR) is 129 cm³/mol. The Bertz CT molecular complexity index is 854. The molecule has 2 aromatic carbocycles. The Morgan fingerprint density at radius 2 is 1.65 bits per heavy atom. The number of carbonyl (C=O) groups excluding carboxylic acids is 1. The van der Waals surface area contributed by atoms with Crippen LogP contribution in [0, 0.1) is 5.92 Å². The summed E-state index contributed by atoms with van der Waals surface area (Å²) in [4.78, 5) is 18.5. The summed E-state index contributed by atoms with van der Waals surface area (Å²) < 4.78 is 5.53. The van der Waals surface area contributed by atoms with Gasteiger partial charge in [-0.1, -0.05) is 57.2 Å². The molecule has 0 N–H and O–H groups in total. The van der Waals surface area contributed by atoms with Crippen molar-refractivity contribution in [1.29, 1.82) is 0 Å². The maximum absolute atomic E-state index is 14.1. The third-order valence-corrected chi connectivity index (χ3v) is 6.53. The number of benzene rings is 2. The number of ether oxygens (including phenoxy) is 1. The van der Waals surface area contributed by atoms with E-state index in [-0.39, 0.29) is 5.78 Å². The van der Waals surface area contributed by atoms with Crippen LogP contribution >= 0.6 is 0 Å². The quantitative estimate of drug-likeness (QED) is 0.541. The van der Waals surface area contributed by atoms with Crippen LogP contribution in [0.4, 0.5) is 5.69 Å². The van der Waals surface area contributed by atoms with Gasteiger partial charge in [0.2, 0.25) is 0 Å². The average molecular weight is 423 g/mol. The first-order valence-corrected chi connectivity index (χ1v) is 11.6. The zero-order chi connectivity index (χ0) is 22.4. The number of Topliss-reactive ketones (excluding diaryl/α,β-unsaturated/α-hetero) is 1. The Morgan fingerprint density at radius 3 is 2.23 bits per heavy atom. The summed E-state index contributed by atoms with van der Waals surface area (Å²) in [5.74, 6) is 0.842. The molecule has 1 aliphatic heterocycles. The molecule has 0 aliphatic carbocycles. The first kappa shape index (κ1) is 23.5. The summed E-state index contributed by atoms with van der Waals surface area (Å²) >= 11 is 0. The monoisotopic (exact) mass is 422 g/mol. The molecule has 3 rings (SSSR count). The summed E-state index contributed by atoms with van der Waals surface area (Å²) in [5, 5.41) is 0. The van der Waals surface area contributed by atoms with Gasteiger partial charge in [0.1, 0.15) is 0 Å². The molecule has 1 atom stereocenters. The smallest absolute Gasteiger partial charge is 0.185 e. The number of ketones is 1. The number of rotatable bonds is 9. The molecule has 2 aromatic rings. The van der Waals surface area contributed by atoms with Crippen LogP contribution in [0.1, 0.15) is 48.7 Å². The van der Waals surface area contributed by atoms with Crippen LogP contribution in [0.2, 0.25) is 0 Å². The molecule has 0 radical (unpaired) electrons. The van der Waals surface area contributed by atoms with E-state index in [1.54, 1.807) is 0 Å². The van der Waals surface area contributed by atoms with Gasteiger partial charge >= 0.3 is 0 Å². The van der Waals surface area contributed by atoms with Gasteiger partial charge in [0.15, 0.2) is 5.78 Å². The van der Waals surface area contributed by atoms with Crippen molar-refractivity contribution in [3.05, 3.63) is 65.2 Å². The van der Waals surface area contributed by atoms with Crippen molar-refractivity contribution in [3.8, 4) is 0 Å². The van der Waals surface area contributed by atoms with Crippen molar-refractivity contribution in [1.82, 2.24) is 4.90 Å². The summed E-state index contributed by atoms with van der Waals surface area (Å²) in [7, 11) is 4.07. The van der Waals surface area contributed by atoms with E-state index >= 15 is 0 Å². The van der Waals surface area contributed by atoms with E-state index < -0.39 is 5.54 Å². The largest absolute Gasteiger partial charge is 0.378 e. The highest BCUT2D eigenvalue weighted by Crippen LogP contribution is 2.32. The van der Waals surface area contributed by atoms with Gasteiger partial charge in [0.05, 0.1) is 18.8 Å². The van der Waals surface area contributed by atoms with Gasteiger partial charge in [-0.3, -0.25) is 9.69 Å². The molecule has 0 saturated carbocycles. The molecule has 0 spiro atoms. The van der Waals surface area contributed by atoms with E-state index in [9.17, 15) is 4.79 Å². The standard InChI is InChI=1S/C27H38N2O2/c1-6-27(28(4)5,20-23-13-11-22(12-14-23)19-21(2)3)26(30)24-9-7-8-10-25(24)29-15-17-31-18-16-29/h7-14,21H,6,15-20H2,1-5H3. The van der Waals surface area contributed by atoms with Crippen LogP contribution in [0.5, 0.6) is 0 Å². The molecule has 4 nitrogen and oxygen atoms in total. The second-order valence-electron chi connectivity index (χ2n) is 9.32. The zero-order valence-corrected chi connectivity index (χ0v) is 19.9. The average Bonchev–Trinajstić information content (AvgIpc) is 2.78. The summed E-state index contributed by atoms with van der Waals surface area (Å²) in [6.07, 6.45) is 2.54. The molecule has 1 fully saturated rings. The van der Waals surface area contributed by atoms with E-state index in [0.29, 0.717) is 25.6 Å². The van der Waals surface area contributed by atoms with E-state index in [1.807, 2.05) is 32.3 Å². The highest BCUT2D eigenvalue weighted by atomic mass is 16.5. The van der Waals surface area contributed by atoms with Gasteiger partial charge in [-0.25, -0.2) is 0 Å². The number of likely N-dealkylation sites (N-methyl/N-ethyl adjacent to an activating group) is 1. The minimum Gasteiger partial charge on any atom is -0.378 e. The lowest BCUT2D eigenvalue weighted by Crippen LogP contribution is -2.53. The van der Waals surface area contributed by atoms with Crippen molar-refractivity contribution < 1.29 is 9.53 Å². The zero-order valence-electron chi connectivity index (χ0n) is 19.9. The fourth-order valence-electron chi connectivity index (χ4n) is 4.64. The molecule has 0 aromatic heterocycles. The molecular formula is C27H38N2O2. The molecule has 0 bridgehead atoms. The lowest BCUT2D eigenvalue weighted by molar-refractivity contribution is 0.0666. The predicted octanol–water partition coefficient (Wildman–Crippen LogP) is 4.86. The molecule has 4 heteroatoms. The fourth-order valence-corrected chi connectivity index (χ4v) is 4.64. The number of nitrogens with zero attached hydrogens (tertiary/aromatic N) is 2. The number of hydrogen-bond acceptors (Lipinski definition) is 4. The topological polar surface area (TPSA) is 32.8 Å². The van der Waals surface area contributed by atoms with E-state index in [1.165, 1.54) is 11.1 Å². The lowest BCUT2D eigenvalue weighted by Gasteiger charge is -2.39. The lowest BCUT2D eigenvalue weighted by atomic mass is 9.79. The number of anilines is 1. The number of hydrogen-bond donors (Lipinski definition) is 0. The van der Waals surface area contributed by atoms with Crippen molar-refractivity contribution in [2.75, 3.05) is 45.3 Å². The maximum atomic E-state index is 14.1. The Morgan fingerprint density at radius 1 is 1.03 bits per heavy atom. The van der Waals surface area contributed by atoms with E-state index in [0.717, 1.165) is 37.2 Å². The molecule has 1 aliphatic rings. The number of morpholine rings is 1. The third kappa shape index (κ3) is 5.36. The Balaban J connectivity index is 1.93. The van der Waals surface area contributed by atoms with Crippen LogP contribution in [0.25, 0.3) is 0 Å².